The predicted molar refractivity (Wildman–Crippen MR) is 109 cm³/mol. The molecule has 0 aliphatic rings. The van der Waals surface area contributed by atoms with E-state index in [1.165, 1.54) is 13.1 Å². The van der Waals surface area contributed by atoms with Crippen molar-refractivity contribution in [3.63, 3.8) is 0 Å². The van der Waals surface area contributed by atoms with Gasteiger partial charge in [0.1, 0.15) is 11.3 Å². The third-order valence-electron chi connectivity index (χ3n) is 4.33. The number of hydrogen-bond acceptors (Lipinski definition) is 5. The standard InChI is InChI=1S/C22H23N3O4/c1-4-28-20-13-9-8-12-19(20)24-21(26)16(3)29-22(27)18-14-23-25(15(18)2)17-10-6-5-7-11-17/h5-14,16H,4H2,1-3H3,(H,24,26). The Kier molecular flexibility index (Phi) is 6.29. The SMILES string of the molecule is CCOc1ccccc1NC(=O)C(C)OC(=O)c1cnn(-c2ccccc2)c1C. The molecule has 2 aromatic carbocycles. The first-order valence-corrected chi connectivity index (χ1v) is 9.35. The van der Waals surface area contributed by atoms with E-state index in [1.807, 2.05) is 43.3 Å². The summed E-state index contributed by atoms with van der Waals surface area (Å²) in [5, 5.41) is 6.99. The lowest BCUT2D eigenvalue weighted by molar-refractivity contribution is -0.123. The number of aromatic nitrogens is 2. The van der Waals surface area contributed by atoms with Gasteiger partial charge in [0.25, 0.3) is 5.91 Å². The Labute approximate surface area is 169 Å². The van der Waals surface area contributed by atoms with Crippen LogP contribution < -0.4 is 10.1 Å². The van der Waals surface area contributed by atoms with Gasteiger partial charge in [-0.1, -0.05) is 30.3 Å². The van der Waals surface area contributed by atoms with Crippen LogP contribution in [0, 0.1) is 6.92 Å². The summed E-state index contributed by atoms with van der Waals surface area (Å²) >= 11 is 0. The summed E-state index contributed by atoms with van der Waals surface area (Å²) in [6, 6.07) is 16.6. The van der Waals surface area contributed by atoms with Crippen LogP contribution in [0.1, 0.15) is 29.9 Å². The largest absolute Gasteiger partial charge is 0.492 e. The minimum absolute atomic E-state index is 0.309. The molecule has 0 aliphatic carbocycles. The van der Waals surface area contributed by atoms with Crippen molar-refractivity contribution in [3.8, 4) is 11.4 Å². The number of anilines is 1. The van der Waals surface area contributed by atoms with E-state index in [4.69, 9.17) is 9.47 Å². The molecule has 0 saturated heterocycles. The maximum Gasteiger partial charge on any atom is 0.342 e. The van der Waals surface area contributed by atoms with E-state index < -0.39 is 18.0 Å². The fourth-order valence-corrected chi connectivity index (χ4v) is 2.80. The average Bonchev–Trinajstić information content (AvgIpc) is 3.11. The van der Waals surface area contributed by atoms with Gasteiger partial charge in [-0.15, -0.1) is 0 Å². The fraction of sp³-hybridized carbons (Fsp3) is 0.227. The molecule has 1 amide bonds. The van der Waals surface area contributed by atoms with Gasteiger partial charge in [0.05, 0.1) is 29.9 Å². The van der Waals surface area contributed by atoms with Crippen molar-refractivity contribution in [1.29, 1.82) is 0 Å². The van der Waals surface area contributed by atoms with Crippen molar-refractivity contribution in [1.82, 2.24) is 9.78 Å². The second kappa shape index (κ2) is 9.05. The number of esters is 1. The average molecular weight is 393 g/mol. The van der Waals surface area contributed by atoms with Crippen LogP contribution in [0.15, 0.2) is 60.8 Å². The summed E-state index contributed by atoms with van der Waals surface area (Å²) in [4.78, 5) is 25.0. The van der Waals surface area contributed by atoms with Gasteiger partial charge in [-0.25, -0.2) is 9.48 Å². The van der Waals surface area contributed by atoms with Crippen LogP contribution in [-0.4, -0.2) is 34.4 Å². The Morgan fingerprint density at radius 1 is 1.10 bits per heavy atom. The van der Waals surface area contributed by atoms with Gasteiger partial charge >= 0.3 is 5.97 Å². The topological polar surface area (TPSA) is 82.4 Å². The number of rotatable bonds is 7. The van der Waals surface area contributed by atoms with Gasteiger partial charge in [0, 0.05) is 0 Å². The highest BCUT2D eigenvalue weighted by Crippen LogP contribution is 2.24. The summed E-state index contributed by atoms with van der Waals surface area (Å²) in [6.45, 7) is 5.64. The van der Waals surface area contributed by atoms with Gasteiger partial charge in [0.15, 0.2) is 6.10 Å². The molecule has 1 heterocycles. The highest BCUT2D eigenvalue weighted by atomic mass is 16.5. The van der Waals surface area contributed by atoms with Crippen LogP contribution in [0.4, 0.5) is 5.69 Å². The molecule has 0 saturated carbocycles. The first-order chi connectivity index (χ1) is 14.0. The number of ether oxygens (including phenoxy) is 2. The van der Waals surface area contributed by atoms with Crippen LogP contribution in [-0.2, 0) is 9.53 Å². The molecule has 1 N–H and O–H groups in total. The number of amides is 1. The molecule has 3 rings (SSSR count). The van der Waals surface area contributed by atoms with Gasteiger partial charge in [-0.2, -0.15) is 5.10 Å². The van der Waals surface area contributed by atoms with E-state index in [-0.39, 0.29) is 0 Å². The fourth-order valence-electron chi connectivity index (χ4n) is 2.80. The van der Waals surface area contributed by atoms with Crippen molar-refractivity contribution < 1.29 is 19.1 Å². The molecular formula is C22H23N3O4. The lowest BCUT2D eigenvalue weighted by atomic mass is 10.2. The summed E-state index contributed by atoms with van der Waals surface area (Å²) in [6.07, 6.45) is 0.455. The van der Waals surface area contributed by atoms with E-state index in [0.29, 0.717) is 29.3 Å². The summed E-state index contributed by atoms with van der Waals surface area (Å²) in [5.74, 6) is -0.495. The molecule has 1 atom stereocenters. The Balaban J connectivity index is 1.68. The lowest BCUT2D eigenvalue weighted by Gasteiger charge is -2.15. The zero-order valence-electron chi connectivity index (χ0n) is 16.6. The first kappa shape index (κ1) is 20.1. The van der Waals surface area contributed by atoms with Crippen molar-refractivity contribution >= 4 is 17.6 Å². The smallest absolute Gasteiger partial charge is 0.342 e. The highest BCUT2D eigenvalue weighted by Gasteiger charge is 2.23. The van der Waals surface area contributed by atoms with Crippen molar-refractivity contribution in [2.75, 3.05) is 11.9 Å². The summed E-state index contributed by atoms with van der Waals surface area (Å²) < 4.78 is 12.5. The highest BCUT2D eigenvalue weighted by molar-refractivity contribution is 5.98. The van der Waals surface area contributed by atoms with E-state index in [0.717, 1.165) is 5.69 Å². The van der Waals surface area contributed by atoms with Gasteiger partial charge in [0.2, 0.25) is 0 Å². The number of nitrogens with one attached hydrogen (secondary N) is 1. The van der Waals surface area contributed by atoms with E-state index in [9.17, 15) is 9.59 Å². The zero-order valence-corrected chi connectivity index (χ0v) is 16.6. The number of carbonyl (C=O) groups is 2. The maximum absolute atomic E-state index is 12.6. The minimum atomic E-state index is -0.989. The molecule has 3 aromatic rings. The molecule has 0 fully saturated rings. The monoisotopic (exact) mass is 393 g/mol. The third-order valence-corrected chi connectivity index (χ3v) is 4.33. The van der Waals surface area contributed by atoms with Crippen molar-refractivity contribution in [2.24, 2.45) is 0 Å². The maximum atomic E-state index is 12.6. The molecule has 29 heavy (non-hydrogen) atoms. The van der Waals surface area contributed by atoms with Crippen LogP contribution in [0.5, 0.6) is 5.75 Å². The summed E-state index contributed by atoms with van der Waals surface area (Å²) in [5.41, 5.74) is 2.30. The summed E-state index contributed by atoms with van der Waals surface area (Å²) in [7, 11) is 0. The Bertz CT molecular complexity index is 998. The molecule has 0 spiro atoms. The number of nitrogens with zero attached hydrogens (tertiary/aromatic N) is 2. The van der Waals surface area contributed by atoms with E-state index in [2.05, 4.69) is 10.4 Å². The molecule has 1 aromatic heterocycles. The quantitative estimate of drug-likeness (QED) is 0.618. The molecule has 0 aliphatic heterocycles. The second-order valence-electron chi connectivity index (χ2n) is 6.36. The van der Waals surface area contributed by atoms with Crippen LogP contribution >= 0.6 is 0 Å². The molecule has 7 nitrogen and oxygen atoms in total. The van der Waals surface area contributed by atoms with Gasteiger partial charge in [-0.05, 0) is 45.0 Å². The lowest BCUT2D eigenvalue weighted by Crippen LogP contribution is -2.30. The molecule has 7 heteroatoms. The number of carbonyl (C=O) groups excluding carboxylic acids is 2. The Morgan fingerprint density at radius 2 is 1.79 bits per heavy atom. The number of para-hydroxylation sites is 3. The van der Waals surface area contributed by atoms with Gasteiger partial charge < -0.3 is 14.8 Å². The normalized spacial score (nSPS) is 11.6. The van der Waals surface area contributed by atoms with Gasteiger partial charge in [-0.3, -0.25) is 4.79 Å². The third kappa shape index (κ3) is 4.63. The van der Waals surface area contributed by atoms with Crippen LogP contribution in [0.25, 0.3) is 5.69 Å². The molecule has 0 bridgehead atoms. The minimum Gasteiger partial charge on any atom is -0.492 e. The van der Waals surface area contributed by atoms with E-state index in [1.54, 1.807) is 29.8 Å². The molecule has 1 unspecified atom stereocenters. The van der Waals surface area contributed by atoms with E-state index >= 15 is 0 Å². The van der Waals surface area contributed by atoms with Crippen LogP contribution in [0.3, 0.4) is 0 Å². The number of benzene rings is 2. The molecular weight excluding hydrogens is 370 g/mol. The first-order valence-electron chi connectivity index (χ1n) is 9.35. The molecule has 150 valence electrons. The zero-order chi connectivity index (χ0) is 20.8. The second-order valence-corrected chi connectivity index (χ2v) is 6.36. The predicted octanol–water partition coefficient (Wildman–Crippen LogP) is 3.76. The Morgan fingerprint density at radius 3 is 2.52 bits per heavy atom. The number of hydrogen-bond donors (Lipinski definition) is 1. The molecule has 0 radical (unpaired) electrons. The van der Waals surface area contributed by atoms with Crippen molar-refractivity contribution in [2.45, 2.75) is 26.9 Å². The Hall–Kier alpha value is -3.61. The van der Waals surface area contributed by atoms with Crippen molar-refractivity contribution in [3.05, 3.63) is 72.1 Å². The van der Waals surface area contributed by atoms with Crippen LogP contribution in [0.2, 0.25) is 0 Å².